The fourth-order valence-electron chi connectivity index (χ4n) is 5.06. The highest BCUT2D eigenvalue weighted by Crippen LogP contribution is 2.50. The molecule has 3 atom stereocenters. The Balaban J connectivity index is 1.65. The van der Waals surface area contributed by atoms with E-state index in [0.29, 0.717) is 12.0 Å². The van der Waals surface area contributed by atoms with E-state index in [1.165, 1.54) is 28.7 Å². The SMILES string of the molecule is CCC(CC=Cc1ccccc1)(c1ccccc1C)N(C)[C@@H]1C[C@H]1c1ccccc1. The van der Waals surface area contributed by atoms with Gasteiger partial charge in [0.05, 0.1) is 0 Å². The standard InChI is InChI=1S/C29H33N/c1-4-29(27-20-12-11-14-23(27)2,21-13-17-24-15-7-5-8-16-24)30(3)28-22-26(28)25-18-9-6-10-19-25/h5-20,26,28H,4,21-22H2,1-3H3/t26-,28+,29?/m0/s1. The first kappa shape index (κ1) is 20.6. The Morgan fingerprint density at radius 1 is 0.900 bits per heavy atom. The van der Waals surface area contributed by atoms with E-state index >= 15 is 0 Å². The van der Waals surface area contributed by atoms with Gasteiger partial charge in [0.15, 0.2) is 0 Å². The molecule has 3 aromatic carbocycles. The van der Waals surface area contributed by atoms with E-state index in [1.807, 2.05) is 0 Å². The summed E-state index contributed by atoms with van der Waals surface area (Å²) in [7, 11) is 2.35. The molecule has 4 rings (SSSR count). The van der Waals surface area contributed by atoms with Crippen molar-refractivity contribution in [1.29, 1.82) is 0 Å². The zero-order chi connectivity index (χ0) is 21.0. The summed E-state index contributed by atoms with van der Waals surface area (Å²) in [4.78, 5) is 2.68. The zero-order valence-electron chi connectivity index (χ0n) is 18.5. The molecule has 0 radical (unpaired) electrons. The molecule has 1 heteroatoms. The molecule has 0 spiro atoms. The van der Waals surface area contributed by atoms with Crippen molar-refractivity contribution >= 4 is 6.08 Å². The molecule has 0 bridgehead atoms. The molecule has 1 saturated carbocycles. The van der Waals surface area contributed by atoms with E-state index in [4.69, 9.17) is 0 Å². The predicted octanol–water partition coefficient (Wildman–Crippen LogP) is 7.19. The van der Waals surface area contributed by atoms with Crippen LogP contribution >= 0.6 is 0 Å². The van der Waals surface area contributed by atoms with Crippen molar-refractivity contribution in [2.45, 2.75) is 50.6 Å². The largest absolute Gasteiger partial charge is 0.293 e. The third kappa shape index (κ3) is 4.13. The minimum atomic E-state index is 0.00478. The van der Waals surface area contributed by atoms with Gasteiger partial charge < -0.3 is 0 Å². The van der Waals surface area contributed by atoms with Gasteiger partial charge in [-0.3, -0.25) is 4.90 Å². The first-order valence-electron chi connectivity index (χ1n) is 11.2. The maximum atomic E-state index is 2.68. The summed E-state index contributed by atoms with van der Waals surface area (Å²) in [6.07, 6.45) is 8.00. The number of aryl methyl sites for hydroxylation is 1. The minimum Gasteiger partial charge on any atom is -0.293 e. The second kappa shape index (κ2) is 9.02. The van der Waals surface area contributed by atoms with Crippen LogP contribution in [0.25, 0.3) is 6.08 Å². The molecule has 0 heterocycles. The molecule has 1 fully saturated rings. The Labute approximate surface area is 182 Å². The van der Waals surface area contributed by atoms with Crippen LogP contribution in [0.15, 0.2) is 91.0 Å². The summed E-state index contributed by atoms with van der Waals surface area (Å²) >= 11 is 0. The number of nitrogens with zero attached hydrogens (tertiary/aromatic N) is 1. The summed E-state index contributed by atoms with van der Waals surface area (Å²) in [6.45, 7) is 4.61. The highest BCUT2D eigenvalue weighted by molar-refractivity contribution is 5.49. The van der Waals surface area contributed by atoms with Crippen LogP contribution in [0.2, 0.25) is 0 Å². The quantitative estimate of drug-likeness (QED) is 0.390. The summed E-state index contributed by atoms with van der Waals surface area (Å²) in [5, 5.41) is 0. The van der Waals surface area contributed by atoms with Crippen LogP contribution in [0, 0.1) is 6.92 Å². The maximum Gasteiger partial charge on any atom is 0.0495 e. The van der Waals surface area contributed by atoms with Gasteiger partial charge in [0, 0.05) is 17.5 Å². The second-order valence-corrected chi connectivity index (χ2v) is 8.65. The van der Waals surface area contributed by atoms with Crippen molar-refractivity contribution in [3.05, 3.63) is 113 Å². The summed E-state index contributed by atoms with van der Waals surface area (Å²) in [5.41, 5.74) is 5.60. The van der Waals surface area contributed by atoms with Crippen LogP contribution in [0.3, 0.4) is 0 Å². The van der Waals surface area contributed by atoms with E-state index in [0.717, 1.165) is 12.8 Å². The van der Waals surface area contributed by atoms with E-state index < -0.39 is 0 Å². The van der Waals surface area contributed by atoms with Gasteiger partial charge in [-0.25, -0.2) is 0 Å². The van der Waals surface area contributed by atoms with Gasteiger partial charge in [-0.05, 0) is 55.5 Å². The fourth-order valence-corrected chi connectivity index (χ4v) is 5.06. The average molecular weight is 396 g/mol. The molecular weight excluding hydrogens is 362 g/mol. The molecule has 1 nitrogen and oxygen atoms in total. The molecule has 0 amide bonds. The monoisotopic (exact) mass is 395 g/mol. The second-order valence-electron chi connectivity index (χ2n) is 8.65. The van der Waals surface area contributed by atoms with Gasteiger partial charge in [-0.15, -0.1) is 0 Å². The number of rotatable bonds is 8. The smallest absolute Gasteiger partial charge is 0.0495 e. The first-order chi connectivity index (χ1) is 14.7. The van der Waals surface area contributed by atoms with E-state index in [2.05, 4.69) is 123 Å². The van der Waals surface area contributed by atoms with Gasteiger partial charge in [0.25, 0.3) is 0 Å². The van der Waals surface area contributed by atoms with E-state index in [9.17, 15) is 0 Å². The Morgan fingerprint density at radius 2 is 1.53 bits per heavy atom. The molecule has 3 aromatic rings. The molecular formula is C29H33N. The number of hydrogen-bond donors (Lipinski definition) is 0. The molecule has 154 valence electrons. The molecule has 1 unspecified atom stereocenters. The lowest BCUT2D eigenvalue weighted by atomic mass is 9.79. The Morgan fingerprint density at radius 3 is 2.20 bits per heavy atom. The first-order valence-corrected chi connectivity index (χ1v) is 11.2. The summed E-state index contributed by atoms with van der Waals surface area (Å²) in [6, 6.07) is 31.2. The molecule has 1 aliphatic carbocycles. The van der Waals surface area contributed by atoms with Crippen LogP contribution in [-0.2, 0) is 5.54 Å². The van der Waals surface area contributed by atoms with E-state index in [1.54, 1.807) is 0 Å². The fraction of sp³-hybridized carbons (Fsp3) is 0.310. The number of hydrogen-bond acceptors (Lipinski definition) is 1. The third-order valence-corrected chi connectivity index (χ3v) is 6.95. The normalized spacial score (nSPS) is 20.4. The van der Waals surface area contributed by atoms with Crippen molar-refractivity contribution in [1.82, 2.24) is 4.90 Å². The highest BCUT2D eigenvalue weighted by Gasteiger charge is 2.48. The summed E-state index contributed by atoms with van der Waals surface area (Å²) in [5.74, 6) is 0.643. The van der Waals surface area contributed by atoms with Gasteiger partial charge in [-0.2, -0.15) is 0 Å². The molecule has 0 N–H and O–H groups in total. The number of likely N-dealkylation sites (N-methyl/N-ethyl adjacent to an activating group) is 1. The van der Waals surface area contributed by atoms with Crippen LogP contribution in [0.5, 0.6) is 0 Å². The Bertz CT molecular complexity index is 976. The molecule has 0 saturated heterocycles. The Kier molecular flexibility index (Phi) is 6.20. The molecule has 1 aliphatic rings. The average Bonchev–Trinajstić information content (AvgIpc) is 3.59. The van der Waals surface area contributed by atoms with Crippen LogP contribution in [0.1, 0.15) is 54.4 Å². The van der Waals surface area contributed by atoms with Crippen LogP contribution in [-0.4, -0.2) is 18.0 Å². The predicted molar refractivity (Wildman–Crippen MR) is 129 cm³/mol. The molecule has 0 aliphatic heterocycles. The van der Waals surface area contributed by atoms with E-state index in [-0.39, 0.29) is 5.54 Å². The molecule has 30 heavy (non-hydrogen) atoms. The maximum absolute atomic E-state index is 2.68. The Hall–Kier alpha value is -2.64. The van der Waals surface area contributed by atoms with Crippen molar-refractivity contribution in [3.63, 3.8) is 0 Å². The van der Waals surface area contributed by atoms with Crippen molar-refractivity contribution in [2.75, 3.05) is 7.05 Å². The van der Waals surface area contributed by atoms with Gasteiger partial charge in [0.2, 0.25) is 0 Å². The van der Waals surface area contributed by atoms with Gasteiger partial charge in [-0.1, -0.05) is 104 Å². The topological polar surface area (TPSA) is 3.24 Å². The van der Waals surface area contributed by atoms with Crippen molar-refractivity contribution < 1.29 is 0 Å². The third-order valence-electron chi connectivity index (χ3n) is 6.95. The van der Waals surface area contributed by atoms with Crippen LogP contribution in [0.4, 0.5) is 0 Å². The lowest BCUT2D eigenvalue weighted by Crippen LogP contribution is -2.45. The zero-order valence-corrected chi connectivity index (χ0v) is 18.5. The van der Waals surface area contributed by atoms with Crippen molar-refractivity contribution in [3.8, 4) is 0 Å². The lowest BCUT2D eigenvalue weighted by molar-refractivity contribution is 0.102. The molecule has 0 aromatic heterocycles. The van der Waals surface area contributed by atoms with Gasteiger partial charge in [0.1, 0.15) is 0 Å². The summed E-state index contributed by atoms with van der Waals surface area (Å²) < 4.78 is 0. The lowest BCUT2D eigenvalue weighted by Gasteiger charge is -2.43. The van der Waals surface area contributed by atoms with Gasteiger partial charge >= 0.3 is 0 Å². The highest BCUT2D eigenvalue weighted by atomic mass is 15.2. The minimum absolute atomic E-state index is 0.00478. The van der Waals surface area contributed by atoms with Crippen LogP contribution < -0.4 is 0 Å². The number of benzene rings is 3. The van der Waals surface area contributed by atoms with Crippen molar-refractivity contribution in [2.24, 2.45) is 0 Å².